The number of para-hydroxylation sites is 1. The predicted octanol–water partition coefficient (Wildman–Crippen LogP) is 3.15. The largest absolute Gasteiger partial charge is 0.388 e. The van der Waals surface area contributed by atoms with E-state index in [-0.39, 0.29) is 0 Å². The molecule has 64 valence electrons. The normalized spacial score (nSPS) is 11.4. The van der Waals surface area contributed by atoms with Gasteiger partial charge in [-0.2, -0.15) is 0 Å². The number of nitrogens with one attached hydrogen (secondary N) is 1. The first-order valence-corrected chi connectivity index (χ1v) is 4.19. The van der Waals surface area contributed by atoms with Crippen LogP contribution in [0.3, 0.4) is 0 Å². The zero-order valence-electron chi connectivity index (χ0n) is 7.89. The highest BCUT2D eigenvalue weighted by Crippen LogP contribution is 2.22. The van der Waals surface area contributed by atoms with Crippen LogP contribution in [0, 0.1) is 0 Å². The SMILES string of the molecule is C/C=C(/C)c1ccccc1NC. The fourth-order valence-electron chi connectivity index (χ4n) is 1.20. The van der Waals surface area contributed by atoms with E-state index >= 15 is 0 Å². The van der Waals surface area contributed by atoms with Crippen molar-refractivity contribution in [3.63, 3.8) is 0 Å². The molecule has 0 aliphatic carbocycles. The maximum atomic E-state index is 3.17. The van der Waals surface area contributed by atoms with E-state index in [2.05, 4.69) is 43.4 Å². The Bertz CT molecular complexity index is 287. The van der Waals surface area contributed by atoms with E-state index in [0.29, 0.717) is 0 Å². The molecule has 1 rings (SSSR count). The van der Waals surface area contributed by atoms with Gasteiger partial charge in [-0.05, 0) is 25.5 Å². The van der Waals surface area contributed by atoms with Gasteiger partial charge in [0.15, 0.2) is 0 Å². The molecule has 0 unspecified atom stereocenters. The maximum absolute atomic E-state index is 3.17. The smallest absolute Gasteiger partial charge is 0.0413 e. The van der Waals surface area contributed by atoms with Crippen LogP contribution >= 0.6 is 0 Å². The Balaban J connectivity index is 3.13. The Hall–Kier alpha value is -1.24. The Kier molecular flexibility index (Phi) is 2.92. The lowest BCUT2D eigenvalue weighted by Gasteiger charge is -2.08. The highest BCUT2D eigenvalue weighted by Gasteiger charge is 1.98. The molecule has 0 fully saturated rings. The van der Waals surface area contributed by atoms with Crippen molar-refractivity contribution in [2.75, 3.05) is 12.4 Å². The lowest BCUT2D eigenvalue weighted by atomic mass is 10.1. The molecule has 0 atom stereocenters. The summed E-state index contributed by atoms with van der Waals surface area (Å²) in [7, 11) is 1.95. The zero-order chi connectivity index (χ0) is 8.97. The van der Waals surface area contributed by atoms with Gasteiger partial charge in [0.05, 0.1) is 0 Å². The molecule has 0 aliphatic rings. The summed E-state index contributed by atoms with van der Waals surface area (Å²) in [6, 6.07) is 8.31. The molecule has 0 bridgehead atoms. The third kappa shape index (κ3) is 1.67. The average Bonchev–Trinajstić information content (AvgIpc) is 2.16. The molecule has 1 aromatic carbocycles. The van der Waals surface area contributed by atoms with Crippen LogP contribution in [0.15, 0.2) is 30.3 Å². The molecule has 1 heteroatoms. The molecule has 0 radical (unpaired) electrons. The van der Waals surface area contributed by atoms with Crippen LogP contribution in [0.2, 0.25) is 0 Å². The zero-order valence-corrected chi connectivity index (χ0v) is 7.89. The van der Waals surface area contributed by atoms with Crippen molar-refractivity contribution in [2.24, 2.45) is 0 Å². The second-order valence-corrected chi connectivity index (χ2v) is 2.77. The highest BCUT2D eigenvalue weighted by molar-refractivity contribution is 5.74. The van der Waals surface area contributed by atoms with Crippen molar-refractivity contribution in [2.45, 2.75) is 13.8 Å². The summed E-state index contributed by atoms with van der Waals surface area (Å²) in [6.07, 6.45) is 2.12. The number of hydrogen-bond donors (Lipinski definition) is 1. The molecule has 0 amide bonds. The van der Waals surface area contributed by atoms with E-state index in [1.165, 1.54) is 16.8 Å². The number of benzene rings is 1. The fourth-order valence-corrected chi connectivity index (χ4v) is 1.20. The molecule has 0 aromatic heterocycles. The van der Waals surface area contributed by atoms with Gasteiger partial charge >= 0.3 is 0 Å². The van der Waals surface area contributed by atoms with Gasteiger partial charge in [0.1, 0.15) is 0 Å². The molecule has 0 aliphatic heterocycles. The van der Waals surface area contributed by atoms with Gasteiger partial charge in [-0.1, -0.05) is 24.3 Å². The van der Waals surface area contributed by atoms with E-state index < -0.39 is 0 Å². The molecular formula is C11H15N. The summed E-state index contributed by atoms with van der Waals surface area (Å²) in [5.41, 5.74) is 3.77. The first-order valence-electron chi connectivity index (χ1n) is 4.19. The maximum Gasteiger partial charge on any atom is 0.0413 e. The third-order valence-corrected chi connectivity index (χ3v) is 2.05. The van der Waals surface area contributed by atoms with Crippen molar-refractivity contribution in [1.82, 2.24) is 0 Å². The van der Waals surface area contributed by atoms with Gasteiger partial charge in [-0.25, -0.2) is 0 Å². The first kappa shape index (κ1) is 8.85. The Morgan fingerprint density at radius 2 is 2.00 bits per heavy atom. The lowest BCUT2D eigenvalue weighted by Crippen LogP contribution is -1.92. The third-order valence-electron chi connectivity index (χ3n) is 2.05. The van der Waals surface area contributed by atoms with Crippen LogP contribution in [0.25, 0.3) is 5.57 Å². The molecule has 0 spiro atoms. The average molecular weight is 161 g/mol. The Morgan fingerprint density at radius 3 is 2.58 bits per heavy atom. The summed E-state index contributed by atoms with van der Waals surface area (Å²) in [5, 5.41) is 3.17. The quantitative estimate of drug-likeness (QED) is 0.702. The summed E-state index contributed by atoms with van der Waals surface area (Å²) in [4.78, 5) is 0. The van der Waals surface area contributed by atoms with Crippen LogP contribution in [0.1, 0.15) is 19.4 Å². The molecule has 0 saturated heterocycles. The molecule has 0 saturated carbocycles. The van der Waals surface area contributed by atoms with Crippen LogP contribution in [-0.4, -0.2) is 7.05 Å². The van der Waals surface area contributed by atoms with E-state index in [4.69, 9.17) is 0 Å². The monoisotopic (exact) mass is 161 g/mol. The fraction of sp³-hybridized carbons (Fsp3) is 0.273. The van der Waals surface area contributed by atoms with Gasteiger partial charge < -0.3 is 5.32 Å². The van der Waals surface area contributed by atoms with Crippen LogP contribution in [0.5, 0.6) is 0 Å². The molecule has 1 N–H and O–H groups in total. The van der Waals surface area contributed by atoms with Crippen LogP contribution in [-0.2, 0) is 0 Å². The van der Waals surface area contributed by atoms with Crippen molar-refractivity contribution in [3.8, 4) is 0 Å². The van der Waals surface area contributed by atoms with Gasteiger partial charge in [0, 0.05) is 18.3 Å². The Labute approximate surface area is 74.1 Å². The summed E-state index contributed by atoms with van der Waals surface area (Å²) >= 11 is 0. The Morgan fingerprint density at radius 1 is 1.33 bits per heavy atom. The van der Waals surface area contributed by atoms with Gasteiger partial charge in [0.25, 0.3) is 0 Å². The first-order chi connectivity index (χ1) is 5.79. The summed E-state index contributed by atoms with van der Waals surface area (Å²) in [6.45, 7) is 4.18. The summed E-state index contributed by atoms with van der Waals surface area (Å²) in [5.74, 6) is 0. The molecule has 0 heterocycles. The number of allylic oxidation sites excluding steroid dienone is 2. The second-order valence-electron chi connectivity index (χ2n) is 2.77. The number of rotatable bonds is 2. The highest BCUT2D eigenvalue weighted by atomic mass is 14.8. The van der Waals surface area contributed by atoms with E-state index in [1.54, 1.807) is 0 Å². The predicted molar refractivity (Wildman–Crippen MR) is 55.3 cm³/mol. The van der Waals surface area contributed by atoms with E-state index in [1.807, 2.05) is 13.1 Å². The topological polar surface area (TPSA) is 12.0 Å². The minimum Gasteiger partial charge on any atom is -0.388 e. The standard InChI is InChI=1S/C11H15N/c1-4-9(2)10-7-5-6-8-11(10)12-3/h4-8,12H,1-3H3/b9-4-. The summed E-state index contributed by atoms with van der Waals surface area (Å²) < 4.78 is 0. The molecular weight excluding hydrogens is 146 g/mol. The van der Waals surface area contributed by atoms with E-state index in [0.717, 1.165) is 0 Å². The minimum atomic E-state index is 1.19. The van der Waals surface area contributed by atoms with E-state index in [9.17, 15) is 0 Å². The molecule has 12 heavy (non-hydrogen) atoms. The van der Waals surface area contributed by atoms with Crippen molar-refractivity contribution < 1.29 is 0 Å². The van der Waals surface area contributed by atoms with Crippen LogP contribution < -0.4 is 5.32 Å². The van der Waals surface area contributed by atoms with Crippen molar-refractivity contribution >= 4 is 11.3 Å². The number of hydrogen-bond acceptors (Lipinski definition) is 1. The van der Waals surface area contributed by atoms with Gasteiger partial charge in [-0.3, -0.25) is 0 Å². The van der Waals surface area contributed by atoms with Crippen molar-refractivity contribution in [1.29, 1.82) is 0 Å². The molecule has 1 nitrogen and oxygen atoms in total. The van der Waals surface area contributed by atoms with Crippen LogP contribution in [0.4, 0.5) is 5.69 Å². The van der Waals surface area contributed by atoms with Gasteiger partial charge in [0.2, 0.25) is 0 Å². The second kappa shape index (κ2) is 3.96. The molecule has 1 aromatic rings. The lowest BCUT2D eigenvalue weighted by molar-refractivity contribution is 1.46. The number of anilines is 1. The van der Waals surface area contributed by atoms with Crippen molar-refractivity contribution in [3.05, 3.63) is 35.9 Å². The van der Waals surface area contributed by atoms with Gasteiger partial charge in [-0.15, -0.1) is 0 Å². The minimum absolute atomic E-state index is 1.19.